The van der Waals surface area contributed by atoms with Crippen LogP contribution in [0.5, 0.6) is 0 Å². The number of rotatable bonds is 1. The number of nitrogens with one attached hydrogen (secondary N) is 1. The maximum Gasteiger partial charge on any atom is 0.0412 e. The van der Waals surface area contributed by atoms with Gasteiger partial charge < -0.3 is 5.32 Å². The van der Waals surface area contributed by atoms with Crippen LogP contribution in [0.4, 0.5) is 0 Å². The summed E-state index contributed by atoms with van der Waals surface area (Å²) in [6.45, 7) is 8.87. The van der Waals surface area contributed by atoms with E-state index in [-0.39, 0.29) is 0 Å². The number of nitrogens with zero attached hydrogens (tertiary/aromatic N) is 1. The molecule has 2 heteroatoms. The van der Waals surface area contributed by atoms with Gasteiger partial charge in [-0.2, -0.15) is 0 Å². The number of pyridine rings is 1. The van der Waals surface area contributed by atoms with Crippen LogP contribution in [0.25, 0.3) is 0 Å². The average Bonchev–Trinajstić information content (AvgIpc) is 2.15. The van der Waals surface area contributed by atoms with E-state index in [9.17, 15) is 0 Å². The first kappa shape index (κ1) is 10.6. The Labute approximate surface area is 92.1 Å². The van der Waals surface area contributed by atoms with Crippen molar-refractivity contribution in [3.63, 3.8) is 0 Å². The molecule has 1 aromatic rings. The number of hydrogen-bond donors (Lipinski definition) is 1. The van der Waals surface area contributed by atoms with E-state index in [0.29, 0.717) is 5.41 Å². The maximum absolute atomic E-state index is 4.55. The molecule has 2 nitrogen and oxygen atoms in total. The van der Waals surface area contributed by atoms with E-state index in [0.717, 1.165) is 25.9 Å². The molecule has 0 bridgehead atoms. The molecule has 1 N–H and O–H groups in total. The molecule has 0 atom stereocenters. The van der Waals surface area contributed by atoms with Crippen LogP contribution in [0.15, 0.2) is 12.3 Å². The predicted octanol–water partition coefficient (Wildman–Crippen LogP) is 2.32. The Bertz CT molecular complexity index is 350. The molecule has 2 heterocycles. The van der Waals surface area contributed by atoms with Crippen LogP contribution >= 0.6 is 0 Å². The van der Waals surface area contributed by atoms with Gasteiger partial charge in [0.15, 0.2) is 0 Å². The quantitative estimate of drug-likeness (QED) is 0.759. The van der Waals surface area contributed by atoms with Gasteiger partial charge in [-0.05, 0) is 42.0 Å². The minimum Gasteiger partial charge on any atom is -0.312 e. The van der Waals surface area contributed by atoms with E-state index < -0.39 is 0 Å². The lowest BCUT2D eigenvalue weighted by Gasteiger charge is -2.21. The van der Waals surface area contributed by atoms with Crippen LogP contribution < -0.4 is 5.32 Å². The summed E-state index contributed by atoms with van der Waals surface area (Å²) in [6.07, 6.45) is 4.25. The molecule has 0 unspecified atom stereocenters. The van der Waals surface area contributed by atoms with Gasteiger partial charge in [0.1, 0.15) is 0 Å². The Morgan fingerprint density at radius 2 is 2.13 bits per heavy atom. The fraction of sp³-hybridized carbons (Fsp3) is 0.615. The standard InChI is InChI=1S/C13H20N2/c1-13(2,3)7-12-6-11-8-14-5-4-10(11)9-15-12/h6,9,14H,4-5,7-8H2,1-3H3. The Kier molecular flexibility index (Phi) is 2.79. The van der Waals surface area contributed by atoms with Crippen molar-refractivity contribution < 1.29 is 0 Å². The first-order chi connectivity index (χ1) is 7.04. The number of fused-ring (bicyclic) bond motifs is 1. The zero-order valence-electron chi connectivity index (χ0n) is 9.93. The van der Waals surface area contributed by atoms with E-state index >= 15 is 0 Å². The van der Waals surface area contributed by atoms with Crippen LogP contribution in [0.3, 0.4) is 0 Å². The van der Waals surface area contributed by atoms with Gasteiger partial charge in [-0.3, -0.25) is 4.98 Å². The lowest BCUT2D eigenvalue weighted by atomic mass is 9.89. The number of hydrogen-bond acceptors (Lipinski definition) is 2. The molecule has 0 aromatic carbocycles. The molecule has 0 fully saturated rings. The highest BCUT2D eigenvalue weighted by Crippen LogP contribution is 2.21. The lowest BCUT2D eigenvalue weighted by Crippen LogP contribution is -2.24. The molecule has 1 aliphatic rings. The van der Waals surface area contributed by atoms with Gasteiger partial charge >= 0.3 is 0 Å². The van der Waals surface area contributed by atoms with Crippen molar-refractivity contribution in [1.82, 2.24) is 10.3 Å². The third-order valence-corrected chi connectivity index (χ3v) is 2.74. The highest BCUT2D eigenvalue weighted by molar-refractivity contribution is 5.29. The van der Waals surface area contributed by atoms with Crippen LogP contribution in [0, 0.1) is 5.41 Å². The highest BCUT2D eigenvalue weighted by atomic mass is 14.9. The van der Waals surface area contributed by atoms with Gasteiger partial charge in [-0.15, -0.1) is 0 Å². The first-order valence-corrected chi connectivity index (χ1v) is 5.72. The largest absolute Gasteiger partial charge is 0.312 e. The van der Waals surface area contributed by atoms with E-state index in [4.69, 9.17) is 0 Å². The molecular weight excluding hydrogens is 184 g/mol. The zero-order valence-corrected chi connectivity index (χ0v) is 9.93. The van der Waals surface area contributed by atoms with Crippen molar-refractivity contribution in [2.45, 2.75) is 40.2 Å². The molecule has 82 valence electrons. The van der Waals surface area contributed by atoms with Crippen molar-refractivity contribution in [3.8, 4) is 0 Å². The molecule has 1 aromatic heterocycles. The Morgan fingerprint density at radius 3 is 2.87 bits per heavy atom. The fourth-order valence-electron chi connectivity index (χ4n) is 2.05. The monoisotopic (exact) mass is 204 g/mol. The maximum atomic E-state index is 4.55. The molecule has 0 saturated heterocycles. The van der Waals surface area contributed by atoms with Crippen molar-refractivity contribution in [2.75, 3.05) is 6.54 Å². The number of aromatic nitrogens is 1. The van der Waals surface area contributed by atoms with Crippen LogP contribution in [-0.4, -0.2) is 11.5 Å². The van der Waals surface area contributed by atoms with Gasteiger partial charge in [0.25, 0.3) is 0 Å². The molecular formula is C13H20N2. The summed E-state index contributed by atoms with van der Waals surface area (Å²) >= 11 is 0. The van der Waals surface area contributed by atoms with Crippen molar-refractivity contribution in [1.29, 1.82) is 0 Å². The van der Waals surface area contributed by atoms with E-state index in [1.807, 2.05) is 0 Å². The highest BCUT2D eigenvalue weighted by Gasteiger charge is 2.15. The minimum atomic E-state index is 0.323. The van der Waals surface area contributed by atoms with Gasteiger partial charge in [0.05, 0.1) is 0 Å². The predicted molar refractivity (Wildman–Crippen MR) is 62.8 cm³/mol. The second kappa shape index (κ2) is 3.93. The third kappa shape index (κ3) is 2.78. The van der Waals surface area contributed by atoms with Crippen molar-refractivity contribution in [2.24, 2.45) is 5.41 Å². The zero-order chi connectivity index (χ0) is 10.9. The van der Waals surface area contributed by atoms with E-state index in [2.05, 4.69) is 43.3 Å². The Hall–Kier alpha value is -0.890. The first-order valence-electron chi connectivity index (χ1n) is 5.72. The van der Waals surface area contributed by atoms with Crippen molar-refractivity contribution >= 4 is 0 Å². The Balaban J connectivity index is 2.21. The third-order valence-electron chi connectivity index (χ3n) is 2.74. The summed E-state index contributed by atoms with van der Waals surface area (Å²) < 4.78 is 0. The molecule has 0 amide bonds. The smallest absolute Gasteiger partial charge is 0.0412 e. The summed E-state index contributed by atoms with van der Waals surface area (Å²) in [5.74, 6) is 0. The summed E-state index contributed by atoms with van der Waals surface area (Å²) in [4.78, 5) is 4.55. The molecule has 0 radical (unpaired) electrons. The summed E-state index contributed by atoms with van der Waals surface area (Å²) in [5, 5.41) is 3.40. The van der Waals surface area contributed by atoms with E-state index in [1.165, 1.54) is 16.8 Å². The van der Waals surface area contributed by atoms with Gasteiger partial charge in [-0.25, -0.2) is 0 Å². The van der Waals surface area contributed by atoms with Gasteiger partial charge in [0.2, 0.25) is 0 Å². The van der Waals surface area contributed by atoms with Crippen LogP contribution in [0.2, 0.25) is 0 Å². The second-order valence-electron chi connectivity index (χ2n) is 5.61. The van der Waals surface area contributed by atoms with Crippen LogP contribution in [0.1, 0.15) is 37.6 Å². The SMILES string of the molecule is CC(C)(C)Cc1cc2c(cn1)CCNC2. The molecule has 2 rings (SSSR count). The summed E-state index contributed by atoms with van der Waals surface area (Å²) in [6, 6.07) is 2.27. The minimum absolute atomic E-state index is 0.323. The molecule has 15 heavy (non-hydrogen) atoms. The normalized spacial score (nSPS) is 16.2. The van der Waals surface area contributed by atoms with E-state index in [1.54, 1.807) is 0 Å². The Morgan fingerprint density at radius 1 is 1.33 bits per heavy atom. The molecule has 0 aliphatic carbocycles. The average molecular weight is 204 g/mol. The van der Waals surface area contributed by atoms with Gasteiger partial charge in [0, 0.05) is 18.4 Å². The lowest BCUT2D eigenvalue weighted by molar-refractivity contribution is 0.406. The van der Waals surface area contributed by atoms with Gasteiger partial charge in [-0.1, -0.05) is 20.8 Å². The molecule has 0 saturated carbocycles. The summed E-state index contributed by atoms with van der Waals surface area (Å²) in [5.41, 5.74) is 4.41. The molecule has 0 spiro atoms. The van der Waals surface area contributed by atoms with Crippen LogP contribution in [-0.2, 0) is 19.4 Å². The summed E-state index contributed by atoms with van der Waals surface area (Å²) in [7, 11) is 0. The second-order valence-corrected chi connectivity index (χ2v) is 5.61. The topological polar surface area (TPSA) is 24.9 Å². The fourth-order valence-corrected chi connectivity index (χ4v) is 2.05. The molecule has 1 aliphatic heterocycles. The van der Waals surface area contributed by atoms with Crippen molar-refractivity contribution in [3.05, 3.63) is 29.1 Å².